The summed E-state index contributed by atoms with van der Waals surface area (Å²) in [6.07, 6.45) is 0.675. The molecule has 1 aliphatic rings. The molecule has 0 radical (unpaired) electrons. The van der Waals surface area contributed by atoms with Crippen molar-refractivity contribution in [3.8, 4) is 11.4 Å². The summed E-state index contributed by atoms with van der Waals surface area (Å²) in [6, 6.07) is 7.31. The number of nitrogens with one attached hydrogen (secondary N) is 1. The van der Waals surface area contributed by atoms with Gasteiger partial charge in [0, 0.05) is 17.7 Å². The molecule has 3 N–H and O–H groups in total. The van der Waals surface area contributed by atoms with E-state index in [9.17, 15) is 4.79 Å². The molecule has 0 unspecified atom stereocenters. The number of aromatic nitrogens is 2. The molecule has 18 heavy (non-hydrogen) atoms. The third-order valence-electron chi connectivity index (χ3n) is 2.99. The summed E-state index contributed by atoms with van der Waals surface area (Å²) in [5, 5.41) is 0. The Morgan fingerprint density at radius 3 is 3.11 bits per heavy atom. The molecule has 1 aromatic heterocycles. The Morgan fingerprint density at radius 2 is 2.28 bits per heavy atom. The van der Waals surface area contributed by atoms with Crippen molar-refractivity contribution < 1.29 is 4.74 Å². The average Bonchev–Trinajstić information content (AvgIpc) is 2.39. The molecule has 2 aromatic rings. The Kier molecular flexibility index (Phi) is 2.60. The second-order valence-electron chi connectivity index (χ2n) is 4.27. The molecule has 5 heteroatoms. The minimum Gasteiger partial charge on any atom is -0.399 e. The maximum atomic E-state index is 11.9. The lowest BCUT2D eigenvalue weighted by Crippen LogP contribution is -2.24. The van der Waals surface area contributed by atoms with Crippen LogP contribution in [-0.2, 0) is 17.8 Å². The number of fused-ring (bicyclic) bond motifs is 1. The molecule has 0 saturated carbocycles. The fraction of sp³-hybridized carbons (Fsp3) is 0.231. The molecule has 1 aromatic carbocycles. The number of ether oxygens (including phenoxy) is 1. The summed E-state index contributed by atoms with van der Waals surface area (Å²) >= 11 is 0. The fourth-order valence-corrected chi connectivity index (χ4v) is 2.07. The molecule has 0 aliphatic carbocycles. The van der Waals surface area contributed by atoms with Crippen LogP contribution in [-0.4, -0.2) is 16.6 Å². The highest BCUT2D eigenvalue weighted by Gasteiger charge is 2.16. The number of H-pyrrole nitrogens is 1. The lowest BCUT2D eigenvalue weighted by Gasteiger charge is -2.15. The zero-order valence-corrected chi connectivity index (χ0v) is 9.77. The van der Waals surface area contributed by atoms with E-state index in [1.54, 1.807) is 12.1 Å². The maximum absolute atomic E-state index is 11.9. The molecule has 0 spiro atoms. The van der Waals surface area contributed by atoms with E-state index in [1.807, 2.05) is 12.1 Å². The van der Waals surface area contributed by atoms with Gasteiger partial charge in [0.1, 0.15) is 5.82 Å². The predicted octanol–water partition coefficient (Wildman–Crippen LogP) is 1.09. The first-order valence-electron chi connectivity index (χ1n) is 5.80. The van der Waals surface area contributed by atoms with Crippen LogP contribution in [0.15, 0.2) is 29.1 Å². The van der Waals surface area contributed by atoms with Gasteiger partial charge in [0.25, 0.3) is 5.56 Å². The van der Waals surface area contributed by atoms with Crippen LogP contribution in [0.4, 0.5) is 5.69 Å². The molecule has 0 amide bonds. The van der Waals surface area contributed by atoms with Gasteiger partial charge in [-0.05, 0) is 12.1 Å². The third-order valence-corrected chi connectivity index (χ3v) is 2.99. The van der Waals surface area contributed by atoms with Crippen molar-refractivity contribution in [2.24, 2.45) is 0 Å². The van der Waals surface area contributed by atoms with Crippen LogP contribution in [0.3, 0.4) is 0 Å². The predicted molar refractivity (Wildman–Crippen MR) is 68.1 cm³/mol. The van der Waals surface area contributed by atoms with E-state index in [0.717, 1.165) is 11.3 Å². The number of hydrogen-bond donors (Lipinski definition) is 2. The Hall–Kier alpha value is -2.14. The van der Waals surface area contributed by atoms with E-state index >= 15 is 0 Å². The van der Waals surface area contributed by atoms with Gasteiger partial charge in [-0.1, -0.05) is 12.1 Å². The number of benzene rings is 1. The largest absolute Gasteiger partial charge is 0.399 e. The van der Waals surface area contributed by atoms with Crippen LogP contribution in [0.25, 0.3) is 11.4 Å². The molecule has 0 bridgehead atoms. The third kappa shape index (κ3) is 1.89. The second-order valence-corrected chi connectivity index (χ2v) is 4.27. The van der Waals surface area contributed by atoms with Gasteiger partial charge in [-0.3, -0.25) is 4.79 Å². The monoisotopic (exact) mass is 243 g/mol. The SMILES string of the molecule is Nc1cccc(-c2nc3c(c(=O)[nH]2)COCC3)c1. The second kappa shape index (κ2) is 4.27. The maximum Gasteiger partial charge on any atom is 0.256 e. The zero-order chi connectivity index (χ0) is 12.5. The van der Waals surface area contributed by atoms with Crippen molar-refractivity contribution in [3.63, 3.8) is 0 Å². The molecular weight excluding hydrogens is 230 g/mol. The van der Waals surface area contributed by atoms with Gasteiger partial charge in [0.15, 0.2) is 0 Å². The molecule has 2 heterocycles. The van der Waals surface area contributed by atoms with Crippen molar-refractivity contribution in [3.05, 3.63) is 45.9 Å². The van der Waals surface area contributed by atoms with Gasteiger partial charge < -0.3 is 15.5 Å². The smallest absolute Gasteiger partial charge is 0.256 e. The Balaban J connectivity index is 2.14. The summed E-state index contributed by atoms with van der Waals surface area (Å²) in [7, 11) is 0. The van der Waals surface area contributed by atoms with Crippen LogP contribution >= 0.6 is 0 Å². The zero-order valence-electron chi connectivity index (χ0n) is 9.77. The van der Waals surface area contributed by atoms with E-state index in [2.05, 4.69) is 9.97 Å². The van der Waals surface area contributed by atoms with Crippen molar-refractivity contribution >= 4 is 5.69 Å². The van der Waals surface area contributed by atoms with Crippen LogP contribution in [0, 0.1) is 0 Å². The number of nitrogens with zero attached hydrogens (tertiary/aromatic N) is 1. The summed E-state index contributed by atoms with van der Waals surface area (Å²) in [4.78, 5) is 19.2. The van der Waals surface area contributed by atoms with Crippen LogP contribution in [0.1, 0.15) is 11.3 Å². The molecule has 1 aliphatic heterocycles. The minimum absolute atomic E-state index is 0.128. The number of aromatic amines is 1. The highest BCUT2D eigenvalue weighted by molar-refractivity contribution is 5.61. The van der Waals surface area contributed by atoms with E-state index in [0.29, 0.717) is 36.7 Å². The first-order valence-corrected chi connectivity index (χ1v) is 5.80. The molecular formula is C13H13N3O2. The van der Waals surface area contributed by atoms with Gasteiger partial charge in [-0.15, -0.1) is 0 Å². The van der Waals surface area contributed by atoms with Crippen LogP contribution in [0.5, 0.6) is 0 Å². The first kappa shape index (κ1) is 11.0. The molecule has 0 atom stereocenters. The molecule has 92 valence electrons. The lowest BCUT2D eigenvalue weighted by atomic mass is 10.1. The number of nitrogen functional groups attached to an aromatic ring is 1. The first-order chi connectivity index (χ1) is 8.74. The summed E-state index contributed by atoms with van der Waals surface area (Å²) < 4.78 is 5.26. The average molecular weight is 243 g/mol. The highest BCUT2D eigenvalue weighted by Crippen LogP contribution is 2.19. The van der Waals surface area contributed by atoms with E-state index in [1.165, 1.54) is 0 Å². The van der Waals surface area contributed by atoms with Gasteiger partial charge in [0.05, 0.1) is 24.5 Å². The van der Waals surface area contributed by atoms with E-state index in [-0.39, 0.29) is 5.56 Å². The molecule has 5 nitrogen and oxygen atoms in total. The van der Waals surface area contributed by atoms with E-state index < -0.39 is 0 Å². The Morgan fingerprint density at radius 1 is 1.39 bits per heavy atom. The van der Waals surface area contributed by atoms with Gasteiger partial charge in [-0.2, -0.15) is 0 Å². The summed E-state index contributed by atoms with van der Waals surface area (Å²) in [5.74, 6) is 0.563. The Labute approximate surface area is 104 Å². The van der Waals surface area contributed by atoms with Crippen molar-refractivity contribution in [2.75, 3.05) is 12.3 Å². The molecule has 0 saturated heterocycles. The summed E-state index contributed by atoms with van der Waals surface area (Å²) in [6.45, 7) is 0.953. The van der Waals surface area contributed by atoms with Crippen LogP contribution < -0.4 is 11.3 Å². The van der Waals surface area contributed by atoms with Gasteiger partial charge >= 0.3 is 0 Å². The fourth-order valence-electron chi connectivity index (χ4n) is 2.07. The minimum atomic E-state index is -0.128. The van der Waals surface area contributed by atoms with Crippen molar-refractivity contribution in [1.29, 1.82) is 0 Å². The topological polar surface area (TPSA) is 81.0 Å². The number of hydrogen-bond acceptors (Lipinski definition) is 4. The molecule has 0 fully saturated rings. The van der Waals surface area contributed by atoms with Crippen molar-refractivity contribution in [2.45, 2.75) is 13.0 Å². The van der Waals surface area contributed by atoms with Gasteiger partial charge in [-0.25, -0.2) is 4.98 Å². The standard InChI is InChI=1S/C13H13N3O2/c14-9-3-1-2-8(6-9)12-15-11-4-5-18-7-10(11)13(17)16-12/h1-3,6H,4-5,7,14H2,(H,15,16,17). The summed E-state index contributed by atoms with van der Waals surface area (Å²) in [5.41, 5.74) is 8.53. The van der Waals surface area contributed by atoms with Gasteiger partial charge in [0.2, 0.25) is 0 Å². The lowest BCUT2D eigenvalue weighted by molar-refractivity contribution is 0.108. The highest BCUT2D eigenvalue weighted by atomic mass is 16.5. The normalized spacial score (nSPS) is 14.2. The van der Waals surface area contributed by atoms with Crippen molar-refractivity contribution in [1.82, 2.24) is 9.97 Å². The van der Waals surface area contributed by atoms with E-state index in [4.69, 9.17) is 10.5 Å². The quantitative estimate of drug-likeness (QED) is 0.735. The molecule has 3 rings (SSSR count). The number of rotatable bonds is 1. The Bertz CT molecular complexity index is 649. The number of nitrogens with two attached hydrogens (primary N) is 1. The van der Waals surface area contributed by atoms with Crippen LogP contribution in [0.2, 0.25) is 0 Å². The number of anilines is 1.